The van der Waals surface area contributed by atoms with Crippen molar-refractivity contribution in [3.8, 4) is 11.5 Å². The van der Waals surface area contributed by atoms with E-state index >= 15 is 0 Å². The molecule has 0 saturated heterocycles. The zero-order chi connectivity index (χ0) is 22.5. The van der Waals surface area contributed by atoms with Crippen LogP contribution in [0.5, 0.6) is 11.5 Å². The van der Waals surface area contributed by atoms with Gasteiger partial charge in [0.2, 0.25) is 0 Å². The van der Waals surface area contributed by atoms with Gasteiger partial charge in [0.1, 0.15) is 5.75 Å². The van der Waals surface area contributed by atoms with Crippen molar-refractivity contribution in [2.75, 3.05) is 0 Å². The lowest BCUT2D eigenvalue weighted by atomic mass is 9.93. The molecule has 0 spiro atoms. The van der Waals surface area contributed by atoms with Crippen molar-refractivity contribution in [1.29, 1.82) is 0 Å². The summed E-state index contributed by atoms with van der Waals surface area (Å²) < 4.78 is 5.69. The molecule has 0 amide bonds. The molecule has 31 heavy (non-hydrogen) atoms. The van der Waals surface area contributed by atoms with Gasteiger partial charge in [-0.25, -0.2) is 4.79 Å². The number of nitro groups is 1. The molecular weight excluding hydrogens is 441 g/mol. The summed E-state index contributed by atoms with van der Waals surface area (Å²) in [7, 11) is 0. The third kappa shape index (κ3) is 5.05. The van der Waals surface area contributed by atoms with Crippen molar-refractivity contribution in [3.05, 3.63) is 98.0 Å². The predicted octanol–water partition coefficient (Wildman–Crippen LogP) is 7.10. The van der Waals surface area contributed by atoms with Crippen molar-refractivity contribution in [1.82, 2.24) is 0 Å². The molecule has 3 aromatic rings. The smallest absolute Gasteiger partial charge is 0.336 e. The number of carboxylic acid groups (broad SMARTS) is 1. The fourth-order valence-corrected chi connectivity index (χ4v) is 3.71. The normalized spacial score (nSPS) is 11.6. The Morgan fingerprint density at radius 1 is 1.00 bits per heavy atom. The molecule has 0 heterocycles. The molecule has 0 aliphatic heterocycles. The Labute approximate surface area is 188 Å². The second-order valence-electron chi connectivity index (χ2n) is 6.50. The molecule has 0 aliphatic rings. The van der Waals surface area contributed by atoms with Crippen LogP contribution in [0.3, 0.4) is 0 Å². The van der Waals surface area contributed by atoms with Gasteiger partial charge in [0.25, 0.3) is 5.69 Å². The predicted molar refractivity (Wildman–Crippen MR) is 121 cm³/mol. The number of carbonyl (C=O) groups is 1. The van der Waals surface area contributed by atoms with Gasteiger partial charge < -0.3 is 9.84 Å². The molecule has 8 heteroatoms. The minimum atomic E-state index is -1.10. The maximum absolute atomic E-state index is 12.1. The summed E-state index contributed by atoms with van der Waals surface area (Å²) in [6, 6.07) is 17.6. The quantitative estimate of drug-likeness (QED) is 0.177. The van der Waals surface area contributed by atoms with E-state index in [1.54, 1.807) is 0 Å². The maximum atomic E-state index is 12.1. The van der Waals surface area contributed by atoms with Crippen LogP contribution in [0.4, 0.5) is 5.69 Å². The Balaban J connectivity index is 2.04. The molecule has 0 aromatic heterocycles. The molecule has 0 atom stereocenters. The number of rotatable bonds is 7. The lowest BCUT2D eigenvalue weighted by molar-refractivity contribution is -0.384. The Hall–Kier alpha value is -3.35. The second kappa shape index (κ2) is 9.64. The van der Waals surface area contributed by atoms with Gasteiger partial charge in [-0.15, -0.1) is 0 Å². The first kappa shape index (κ1) is 22.3. The van der Waals surface area contributed by atoms with Crippen LogP contribution >= 0.6 is 23.2 Å². The number of allylic oxidation sites excluding steroid dienone is 1. The number of benzene rings is 3. The van der Waals surface area contributed by atoms with Gasteiger partial charge in [0, 0.05) is 12.1 Å². The van der Waals surface area contributed by atoms with Crippen molar-refractivity contribution in [2.45, 2.75) is 13.3 Å². The van der Waals surface area contributed by atoms with Gasteiger partial charge >= 0.3 is 5.97 Å². The zero-order valence-corrected chi connectivity index (χ0v) is 17.9. The monoisotopic (exact) mass is 457 g/mol. The number of ether oxygens (including phenoxy) is 1. The SMILES string of the molecule is CCC(=C(C(=O)O)c1cc(Cl)c(Oc2ccc([N+](=O)[O-])cc2)c(Cl)c1)c1ccccc1. The first-order chi connectivity index (χ1) is 14.8. The van der Waals surface area contributed by atoms with Crippen LogP contribution in [0.1, 0.15) is 24.5 Å². The Kier molecular flexibility index (Phi) is 6.95. The third-order valence-corrected chi connectivity index (χ3v) is 5.11. The van der Waals surface area contributed by atoms with Crippen molar-refractivity contribution >= 4 is 46.0 Å². The van der Waals surface area contributed by atoms with Gasteiger partial charge in [0.15, 0.2) is 5.75 Å². The van der Waals surface area contributed by atoms with E-state index in [1.807, 2.05) is 37.3 Å². The summed E-state index contributed by atoms with van der Waals surface area (Å²) in [5.41, 5.74) is 1.80. The Bertz CT molecular complexity index is 1140. The van der Waals surface area contributed by atoms with Crippen molar-refractivity contribution in [2.24, 2.45) is 0 Å². The molecule has 3 rings (SSSR count). The molecule has 3 aromatic carbocycles. The maximum Gasteiger partial charge on any atom is 0.336 e. The van der Waals surface area contributed by atoms with Crippen LogP contribution in [-0.4, -0.2) is 16.0 Å². The molecule has 0 saturated carbocycles. The topological polar surface area (TPSA) is 89.7 Å². The Morgan fingerprint density at radius 3 is 2.06 bits per heavy atom. The number of halogens is 2. The highest BCUT2D eigenvalue weighted by molar-refractivity contribution is 6.38. The second-order valence-corrected chi connectivity index (χ2v) is 7.31. The van der Waals surface area contributed by atoms with E-state index in [4.69, 9.17) is 27.9 Å². The number of nitrogens with zero attached hydrogens (tertiary/aromatic N) is 1. The average molecular weight is 458 g/mol. The summed E-state index contributed by atoms with van der Waals surface area (Å²) in [5, 5.41) is 20.9. The summed E-state index contributed by atoms with van der Waals surface area (Å²) in [4.78, 5) is 22.4. The third-order valence-electron chi connectivity index (χ3n) is 4.55. The van der Waals surface area contributed by atoms with Crippen molar-refractivity contribution < 1.29 is 19.6 Å². The molecule has 6 nitrogen and oxygen atoms in total. The number of hydrogen-bond acceptors (Lipinski definition) is 4. The van der Waals surface area contributed by atoms with Gasteiger partial charge in [-0.3, -0.25) is 10.1 Å². The fourth-order valence-electron chi connectivity index (χ4n) is 3.15. The lowest BCUT2D eigenvalue weighted by Gasteiger charge is -2.15. The van der Waals surface area contributed by atoms with E-state index in [0.717, 1.165) is 5.56 Å². The van der Waals surface area contributed by atoms with Gasteiger partial charge in [0.05, 0.1) is 20.5 Å². The standard InChI is InChI=1S/C23H17Cl2NO5/c1-2-18(14-6-4-3-5-7-14)21(23(27)28)15-12-19(24)22(20(25)13-15)31-17-10-8-16(9-11-17)26(29)30/h3-13H,2H2,1H3,(H,27,28). The highest BCUT2D eigenvalue weighted by Gasteiger charge is 2.21. The fraction of sp³-hybridized carbons (Fsp3) is 0.0870. The molecule has 0 aliphatic carbocycles. The number of hydrogen-bond donors (Lipinski definition) is 1. The van der Waals surface area contributed by atoms with Gasteiger partial charge in [-0.05, 0) is 47.4 Å². The van der Waals surface area contributed by atoms with Crippen LogP contribution in [0.25, 0.3) is 11.1 Å². The molecule has 0 bridgehead atoms. The number of nitro benzene ring substituents is 1. The van der Waals surface area contributed by atoms with E-state index in [0.29, 0.717) is 23.3 Å². The largest absolute Gasteiger partial charge is 0.478 e. The van der Waals surface area contributed by atoms with E-state index < -0.39 is 10.9 Å². The van der Waals surface area contributed by atoms with Crippen LogP contribution < -0.4 is 4.74 Å². The summed E-state index contributed by atoms with van der Waals surface area (Å²) >= 11 is 12.8. The lowest BCUT2D eigenvalue weighted by Crippen LogP contribution is -2.04. The van der Waals surface area contributed by atoms with Crippen LogP contribution in [-0.2, 0) is 4.79 Å². The molecule has 1 N–H and O–H groups in total. The highest BCUT2D eigenvalue weighted by Crippen LogP contribution is 2.40. The molecule has 0 radical (unpaired) electrons. The number of aliphatic carboxylic acids is 1. The molecule has 0 fully saturated rings. The van der Waals surface area contributed by atoms with Gasteiger partial charge in [-0.1, -0.05) is 60.5 Å². The van der Waals surface area contributed by atoms with Crippen LogP contribution in [0.2, 0.25) is 10.0 Å². The van der Waals surface area contributed by atoms with E-state index in [-0.39, 0.29) is 27.1 Å². The average Bonchev–Trinajstić information content (AvgIpc) is 2.75. The highest BCUT2D eigenvalue weighted by atomic mass is 35.5. The van der Waals surface area contributed by atoms with Gasteiger partial charge in [-0.2, -0.15) is 0 Å². The molecular formula is C23H17Cl2NO5. The van der Waals surface area contributed by atoms with E-state index in [1.165, 1.54) is 36.4 Å². The van der Waals surface area contributed by atoms with Crippen LogP contribution in [0, 0.1) is 10.1 Å². The van der Waals surface area contributed by atoms with Crippen LogP contribution in [0.15, 0.2) is 66.7 Å². The summed E-state index contributed by atoms with van der Waals surface area (Å²) in [5.74, 6) is -0.671. The first-order valence-electron chi connectivity index (χ1n) is 9.25. The first-order valence-corrected chi connectivity index (χ1v) is 10.0. The zero-order valence-electron chi connectivity index (χ0n) is 16.3. The summed E-state index contributed by atoms with van der Waals surface area (Å²) in [6.07, 6.45) is 0.488. The van der Waals surface area contributed by atoms with E-state index in [9.17, 15) is 20.0 Å². The summed E-state index contributed by atoms with van der Waals surface area (Å²) in [6.45, 7) is 1.88. The Morgan fingerprint density at radius 2 is 1.58 bits per heavy atom. The minimum absolute atomic E-state index is 0.0795. The number of non-ortho nitro benzene ring substituents is 1. The molecule has 158 valence electrons. The molecule has 0 unspecified atom stereocenters. The minimum Gasteiger partial charge on any atom is -0.478 e. The van der Waals surface area contributed by atoms with E-state index in [2.05, 4.69) is 0 Å². The van der Waals surface area contributed by atoms with Crippen molar-refractivity contribution in [3.63, 3.8) is 0 Å². The number of carboxylic acids is 1.